The van der Waals surface area contributed by atoms with E-state index in [1.165, 1.54) is 0 Å². The molecule has 0 saturated carbocycles. The lowest BCUT2D eigenvalue weighted by Crippen LogP contribution is -1.90. The van der Waals surface area contributed by atoms with Crippen LogP contribution in [0.1, 0.15) is 19.8 Å². The summed E-state index contributed by atoms with van der Waals surface area (Å²) in [5.74, 6) is 0. The molecule has 53 valence electrons. The van der Waals surface area contributed by atoms with Gasteiger partial charge < -0.3 is 4.74 Å². The maximum Gasteiger partial charge on any atom is 0.0500 e. The summed E-state index contributed by atoms with van der Waals surface area (Å²) in [7, 11) is 0. The Hall–Kier alpha value is -0.300. The molecule has 0 aromatic rings. The van der Waals surface area contributed by atoms with E-state index in [9.17, 15) is 0 Å². The van der Waals surface area contributed by atoms with Crippen LogP contribution in [-0.4, -0.2) is 13.2 Å². The van der Waals surface area contributed by atoms with E-state index < -0.39 is 0 Å². The van der Waals surface area contributed by atoms with Crippen molar-refractivity contribution >= 4 is 0 Å². The predicted molar refractivity (Wildman–Crippen MR) is 40.2 cm³/mol. The molecule has 0 bridgehead atoms. The minimum Gasteiger partial charge on any atom is -0.381 e. The van der Waals surface area contributed by atoms with Gasteiger partial charge in [-0.25, -0.2) is 0 Å². The zero-order valence-corrected chi connectivity index (χ0v) is 6.10. The second-order valence-corrected chi connectivity index (χ2v) is 1.78. The lowest BCUT2D eigenvalue weighted by atomic mass is 10.3. The van der Waals surface area contributed by atoms with Crippen molar-refractivity contribution in [1.82, 2.24) is 0 Å². The molecule has 0 heterocycles. The quantitative estimate of drug-likeness (QED) is 0.406. The first kappa shape index (κ1) is 8.70. The predicted octanol–water partition coefficient (Wildman–Crippen LogP) is 2.19. The van der Waals surface area contributed by atoms with E-state index in [1.54, 1.807) is 0 Å². The second kappa shape index (κ2) is 7.70. The molecule has 1 nitrogen and oxygen atoms in total. The summed E-state index contributed by atoms with van der Waals surface area (Å²) in [5.41, 5.74) is 0. The highest BCUT2D eigenvalue weighted by molar-refractivity contribution is 4.79. The van der Waals surface area contributed by atoms with Crippen LogP contribution in [0.2, 0.25) is 0 Å². The van der Waals surface area contributed by atoms with Crippen molar-refractivity contribution in [2.75, 3.05) is 13.2 Å². The van der Waals surface area contributed by atoms with Gasteiger partial charge in [0.2, 0.25) is 0 Å². The lowest BCUT2D eigenvalue weighted by Gasteiger charge is -1.93. The van der Waals surface area contributed by atoms with Gasteiger partial charge in [0.25, 0.3) is 0 Å². The first-order valence-electron chi connectivity index (χ1n) is 3.43. The highest BCUT2D eigenvalue weighted by Gasteiger charge is 1.77. The first-order chi connectivity index (χ1) is 4.41. The molecular weight excluding hydrogens is 112 g/mol. The molecule has 0 saturated heterocycles. The summed E-state index contributed by atoms with van der Waals surface area (Å²) in [6.07, 6.45) is 6.41. The van der Waals surface area contributed by atoms with Crippen molar-refractivity contribution < 1.29 is 4.74 Å². The van der Waals surface area contributed by atoms with Crippen LogP contribution in [0.5, 0.6) is 0 Å². The Morgan fingerprint density at radius 2 is 2.22 bits per heavy atom. The van der Waals surface area contributed by atoms with Crippen LogP contribution < -0.4 is 0 Å². The summed E-state index contributed by atoms with van der Waals surface area (Å²) in [4.78, 5) is 0. The molecule has 0 fully saturated rings. The summed E-state index contributed by atoms with van der Waals surface area (Å²) in [6.45, 7) is 7.07. The van der Waals surface area contributed by atoms with Crippen molar-refractivity contribution in [3.63, 3.8) is 0 Å². The zero-order valence-electron chi connectivity index (χ0n) is 6.10. The molecule has 1 heteroatoms. The summed E-state index contributed by atoms with van der Waals surface area (Å²) >= 11 is 0. The Kier molecular flexibility index (Phi) is 7.44. The smallest absolute Gasteiger partial charge is 0.0500 e. The van der Waals surface area contributed by atoms with E-state index in [0.717, 1.165) is 19.4 Å². The van der Waals surface area contributed by atoms with E-state index in [4.69, 9.17) is 4.74 Å². The van der Waals surface area contributed by atoms with E-state index in [2.05, 4.69) is 26.0 Å². The summed E-state index contributed by atoms with van der Waals surface area (Å²) in [6, 6.07) is 0. The SMILES string of the molecule is [CH2]COCC/C=C/CC. The maximum absolute atomic E-state index is 5.02. The van der Waals surface area contributed by atoms with Gasteiger partial charge in [0.05, 0.1) is 6.61 Å². The minimum atomic E-state index is 0.583. The molecule has 0 aromatic heterocycles. The highest BCUT2D eigenvalue weighted by atomic mass is 16.5. The van der Waals surface area contributed by atoms with E-state index in [-0.39, 0.29) is 0 Å². The third kappa shape index (κ3) is 7.70. The fourth-order valence-corrected chi connectivity index (χ4v) is 0.538. The molecule has 0 atom stereocenters. The van der Waals surface area contributed by atoms with Gasteiger partial charge in [0, 0.05) is 6.61 Å². The first-order valence-corrected chi connectivity index (χ1v) is 3.43. The molecule has 0 amide bonds. The van der Waals surface area contributed by atoms with Crippen molar-refractivity contribution in [3.8, 4) is 0 Å². The van der Waals surface area contributed by atoms with E-state index >= 15 is 0 Å². The van der Waals surface area contributed by atoms with Gasteiger partial charge >= 0.3 is 0 Å². The van der Waals surface area contributed by atoms with Gasteiger partial charge in [-0.15, -0.1) is 0 Å². The molecule has 9 heavy (non-hydrogen) atoms. The Balaban J connectivity index is 2.82. The number of allylic oxidation sites excluding steroid dienone is 1. The topological polar surface area (TPSA) is 9.23 Å². The van der Waals surface area contributed by atoms with Crippen LogP contribution in [-0.2, 0) is 4.74 Å². The van der Waals surface area contributed by atoms with Gasteiger partial charge in [0.1, 0.15) is 0 Å². The molecule has 0 spiro atoms. The monoisotopic (exact) mass is 127 g/mol. The molecule has 1 radical (unpaired) electrons. The van der Waals surface area contributed by atoms with Gasteiger partial charge in [-0.3, -0.25) is 0 Å². The highest BCUT2D eigenvalue weighted by Crippen LogP contribution is 1.86. The second-order valence-electron chi connectivity index (χ2n) is 1.78. The Bertz CT molecular complexity index is 67.0. The third-order valence-electron chi connectivity index (χ3n) is 0.976. The Labute approximate surface area is 57.7 Å². The van der Waals surface area contributed by atoms with Crippen molar-refractivity contribution in [3.05, 3.63) is 19.1 Å². The van der Waals surface area contributed by atoms with E-state index in [1.807, 2.05) is 0 Å². The molecule has 0 aliphatic rings. The Morgan fingerprint density at radius 3 is 2.78 bits per heavy atom. The molecule has 0 unspecified atom stereocenters. The number of hydrogen-bond acceptors (Lipinski definition) is 1. The molecule has 0 aromatic carbocycles. The largest absolute Gasteiger partial charge is 0.381 e. The fraction of sp³-hybridized carbons (Fsp3) is 0.625. The molecule has 0 rings (SSSR count). The number of rotatable bonds is 5. The van der Waals surface area contributed by atoms with Crippen LogP contribution in [0, 0.1) is 6.92 Å². The zero-order chi connectivity index (χ0) is 6.95. The average Bonchev–Trinajstić information content (AvgIpc) is 1.89. The lowest BCUT2D eigenvalue weighted by molar-refractivity contribution is 0.166. The summed E-state index contributed by atoms with van der Waals surface area (Å²) < 4.78 is 5.02. The van der Waals surface area contributed by atoms with Crippen LogP contribution in [0.15, 0.2) is 12.2 Å². The van der Waals surface area contributed by atoms with Crippen molar-refractivity contribution in [2.24, 2.45) is 0 Å². The molecular formula is C8H15O. The van der Waals surface area contributed by atoms with Gasteiger partial charge in [0.15, 0.2) is 0 Å². The van der Waals surface area contributed by atoms with Crippen LogP contribution >= 0.6 is 0 Å². The molecule has 0 aliphatic carbocycles. The molecule has 0 aliphatic heterocycles. The Morgan fingerprint density at radius 1 is 1.44 bits per heavy atom. The normalized spacial score (nSPS) is 10.9. The van der Waals surface area contributed by atoms with Gasteiger partial charge in [-0.2, -0.15) is 0 Å². The van der Waals surface area contributed by atoms with Gasteiger partial charge in [-0.1, -0.05) is 19.1 Å². The van der Waals surface area contributed by atoms with Crippen LogP contribution in [0.25, 0.3) is 0 Å². The third-order valence-corrected chi connectivity index (χ3v) is 0.976. The number of ether oxygens (including phenoxy) is 1. The van der Waals surface area contributed by atoms with Crippen LogP contribution in [0.3, 0.4) is 0 Å². The van der Waals surface area contributed by atoms with Crippen LogP contribution in [0.4, 0.5) is 0 Å². The maximum atomic E-state index is 5.02. The minimum absolute atomic E-state index is 0.583. The van der Waals surface area contributed by atoms with Crippen molar-refractivity contribution in [1.29, 1.82) is 0 Å². The van der Waals surface area contributed by atoms with Crippen molar-refractivity contribution in [2.45, 2.75) is 19.8 Å². The average molecular weight is 127 g/mol. The fourth-order valence-electron chi connectivity index (χ4n) is 0.538. The van der Waals surface area contributed by atoms with Gasteiger partial charge in [-0.05, 0) is 19.8 Å². The standard InChI is InChI=1S/C8H15O/c1-3-5-6-7-8-9-4-2/h5-6H,2-4,7-8H2,1H3/b6-5+. The molecule has 0 N–H and O–H groups in total. The summed E-state index contributed by atoms with van der Waals surface area (Å²) in [5, 5.41) is 0. The number of hydrogen-bond donors (Lipinski definition) is 0. The van der Waals surface area contributed by atoms with E-state index in [0.29, 0.717) is 6.61 Å².